The lowest BCUT2D eigenvalue weighted by Crippen LogP contribution is -2.02. The Morgan fingerprint density at radius 2 is 2.55 bits per heavy atom. The Morgan fingerprint density at radius 1 is 1.55 bits per heavy atom. The number of hydrogen-bond donors (Lipinski definition) is 1. The van der Waals surface area contributed by atoms with Gasteiger partial charge < -0.3 is 4.74 Å². The monoisotopic (exact) mass is 149 g/mol. The molecular weight excluding hydrogens is 142 g/mol. The third-order valence-electron chi connectivity index (χ3n) is 1.36. The van der Waals surface area contributed by atoms with Gasteiger partial charge in [0.1, 0.15) is 0 Å². The highest BCUT2D eigenvalue weighted by Crippen LogP contribution is 2.02. The van der Waals surface area contributed by atoms with Crippen LogP contribution >= 0.6 is 0 Å². The molecule has 1 aromatic rings. The van der Waals surface area contributed by atoms with Gasteiger partial charge in [-0.05, 0) is 12.1 Å². The maximum absolute atomic E-state index is 5.14. The predicted molar refractivity (Wildman–Crippen MR) is 39.9 cm³/mol. The molecule has 0 radical (unpaired) electrons. The molecule has 4 nitrogen and oxygen atoms in total. The average molecular weight is 149 g/mol. The molecule has 0 aromatic carbocycles. The van der Waals surface area contributed by atoms with Crippen molar-refractivity contribution in [2.75, 3.05) is 6.73 Å². The van der Waals surface area contributed by atoms with E-state index in [1.165, 1.54) is 0 Å². The van der Waals surface area contributed by atoms with E-state index in [1.807, 2.05) is 12.1 Å². The lowest BCUT2D eigenvalue weighted by atomic mass is 10.3. The first-order valence-electron chi connectivity index (χ1n) is 3.30. The molecule has 0 unspecified atom stereocenters. The average Bonchev–Trinajstić information content (AvgIpc) is 2.58. The molecule has 0 saturated heterocycles. The molecule has 1 aliphatic heterocycles. The van der Waals surface area contributed by atoms with Gasteiger partial charge in [0.2, 0.25) is 5.90 Å². The molecule has 1 aromatic heterocycles. The van der Waals surface area contributed by atoms with Gasteiger partial charge in [0.15, 0.2) is 6.73 Å². The van der Waals surface area contributed by atoms with E-state index in [0.29, 0.717) is 12.6 Å². The summed E-state index contributed by atoms with van der Waals surface area (Å²) in [6.45, 7) is 0.449. The summed E-state index contributed by atoms with van der Waals surface area (Å²) in [4.78, 5) is 3.94. The number of rotatable bonds is 1. The fourth-order valence-electron chi connectivity index (χ4n) is 0.874. The largest absolute Gasteiger partial charge is 0.454 e. The van der Waals surface area contributed by atoms with E-state index in [-0.39, 0.29) is 0 Å². The molecule has 0 bridgehead atoms. The minimum Gasteiger partial charge on any atom is -0.454 e. The summed E-state index contributed by atoms with van der Waals surface area (Å²) >= 11 is 0. The molecule has 2 rings (SSSR count). The van der Waals surface area contributed by atoms with Crippen LogP contribution in [0.15, 0.2) is 29.6 Å². The van der Waals surface area contributed by atoms with Crippen LogP contribution in [0, 0.1) is 0 Å². The van der Waals surface area contributed by atoms with Gasteiger partial charge in [0, 0.05) is 12.4 Å². The van der Waals surface area contributed by atoms with Gasteiger partial charge in [-0.1, -0.05) is 0 Å². The third kappa shape index (κ3) is 1.14. The highest BCUT2D eigenvalue weighted by atomic mass is 16.5. The molecule has 0 atom stereocenters. The summed E-state index contributed by atoms with van der Waals surface area (Å²) in [6.07, 6.45) is 3.43. The Hall–Kier alpha value is -1.58. The second kappa shape index (κ2) is 2.57. The quantitative estimate of drug-likeness (QED) is 0.625. The van der Waals surface area contributed by atoms with Crippen LogP contribution in [0.4, 0.5) is 0 Å². The van der Waals surface area contributed by atoms with Gasteiger partial charge >= 0.3 is 0 Å². The van der Waals surface area contributed by atoms with E-state index in [1.54, 1.807) is 12.4 Å². The second-order valence-electron chi connectivity index (χ2n) is 2.11. The van der Waals surface area contributed by atoms with Crippen molar-refractivity contribution in [3.63, 3.8) is 0 Å². The van der Waals surface area contributed by atoms with Gasteiger partial charge in [0.05, 0.1) is 5.56 Å². The molecule has 0 saturated carbocycles. The van der Waals surface area contributed by atoms with Gasteiger partial charge in [-0.2, -0.15) is 0 Å². The normalized spacial score (nSPS) is 15.1. The maximum Gasteiger partial charge on any atom is 0.241 e. The Morgan fingerprint density at radius 3 is 3.18 bits per heavy atom. The third-order valence-corrected chi connectivity index (χ3v) is 1.36. The van der Waals surface area contributed by atoms with Crippen LogP contribution in [-0.2, 0) is 4.74 Å². The van der Waals surface area contributed by atoms with Gasteiger partial charge in [-0.25, -0.2) is 0 Å². The summed E-state index contributed by atoms with van der Waals surface area (Å²) in [5.74, 6) is 0.609. The lowest BCUT2D eigenvalue weighted by molar-refractivity contribution is 0.316. The number of hydrogen-bond acceptors (Lipinski definition) is 4. The maximum atomic E-state index is 5.14. The summed E-state index contributed by atoms with van der Waals surface area (Å²) in [7, 11) is 0. The fraction of sp³-hybridized carbons (Fsp3) is 0.143. The Balaban J connectivity index is 2.29. The van der Waals surface area contributed by atoms with E-state index in [0.717, 1.165) is 5.56 Å². The van der Waals surface area contributed by atoms with Gasteiger partial charge in [-0.15, -0.1) is 5.10 Å². The van der Waals surface area contributed by atoms with E-state index >= 15 is 0 Å². The Kier molecular flexibility index (Phi) is 1.44. The highest BCUT2D eigenvalue weighted by molar-refractivity contribution is 5.94. The van der Waals surface area contributed by atoms with Gasteiger partial charge in [0.25, 0.3) is 0 Å². The zero-order valence-corrected chi connectivity index (χ0v) is 5.82. The smallest absolute Gasteiger partial charge is 0.241 e. The second-order valence-corrected chi connectivity index (χ2v) is 2.11. The molecule has 0 fully saturated rings. The van der Waals surface area contributed by atoms with Crippen LogP contribution in [-0.4, -0.2) is 17.6 Å². The van der Waals surface area contributed by atoms with Crippen molar-refractivity contribution in [2.24, 2.45) is 5.10 Å². The Bertz CT molecular complexity index is 270. The number of nitrogens with one attached hydrogen (secondary N) is 1. The summed E-state index contributed by atoms with van der Waals surface area (Å²) in [5.41, 5.74) is 3.61. The molecule has 4 heteroatoms. The standard InChI is InChI=1S/C7H7N3O/c1-2-6(4-8-3-1)7-10-9-5-11-7/h1-4,9H,5H2. The van der Waals surface area contributed by atoms with Crippen LogP contribution < -0.4 is 5.43 Å². The van der Waals surface area contributed by atoms with Crippen LogP contribution in [0.3, 0.4) is 0 Å². The van der Waals surface area contributed by atoms with Crippen LogP contribution in [0.25, 0.3) is 0 Å². The number of hydrazone groups is 1. The van der Waals surface area contributed by atoms with Crippen LogP contribution in [0.2, 0.25) is 0 Å². The minimum absolute atomic E-state index is 0.449. The minimum atomic E-state index is 0.449. The molecule has 11 heavy (non-hydrogen) atoms. The molecule has 0 aliphatic carbocycles. The van der Waals surface area contributed by atoms with Crippen molar-refractivity contribution < 1.29 is 4.74 Å². The summed E-state index contributed by atoms with van der Waals surface area (Å²) in [5, 5.41) is 3.91. The molecule has 1 N–H and O–H groups in total. The zero-order chi connectivity index (χ0) is 7.52. The van der Waals surface area contributed by atoms with Crippen molar-refractivity contribution >= 4 is 5.90 Å². The molecule has 56 valence electrons. The zero-order valence-electron chi connectivity index (χ0n) is 5.82. The first kappa shape index (κ1) is 6.15. The van der Waals surface area contributed by atoms with E-state index in [4.69, 9.17) is 4.74 Å². The number of aromatic nitrogens is 1. The highest BCUT2D eigenvalue weighted by Gasteiger charge is 2.08. The van der Waals surface area contributed by atoms with E-state index < -0.39 is 0 Å². The molecule has 0 amide bonds. The molecule has 2 heterocycles. The van der Waals surface area contributed by atoms with Crippen molar-refractivity contribution in [2.45, 2.75) is 0 Å². The number of ether oxygens (including phenoxy) is 1. The number of pyridine rings is 1. The summed E-state index contributed by atoms with van der Waals surface area (Å²) < 4.78 is 5.14. The SMILES string of the molecule is c1cncc(C2=NNCO2)c1. The Labute approximate surface area is 63.9 Å². The molecule has 0 spiro atoms. The van der Waals surface area contributed by atoms with Crippen molar-refractivity contribution in [3.05, 3.63) is 30.1 Å². The molecular formula is C7H7N3O. The van der Waals surface area contributed by atoms with Gasteiger partial charge in [-0.3, -0.25) is 10.4 Å². The van der Waals surface area contributed by atoms with E-state index in [9.17, 15) is 0 Å². The lowest BCUT2D eigenvalue weighted by Gasteiger charge is -1.96. The number of nitrogens with zero attached hydrogens (tertiary/aromatic N) is 2. The topological polar surface area (TPSA) is 46.5 Å². The van der Waals surface area contributed by atoms with Crippen molar-refractivity contribution in [1.82, 2.24) is 10.4 Å². The van der Waals surface area contributed by atoms with Crippen molar-refractivity contribution in [1.29, 1.82) is 0 Å². The van der Waals surface area contributed by atoms with Crippen LogP contribution in [0.1, 0.15) is 5.56 Å². The van der Waals surface area contributed by atoms with Crippen LogP contribution in [0.5, 0.6) is 0 Å². The first-order chi connectivity index (χ1) is 5.47. The first-order valence-corrected chi connectivity index (χ1v) is 3.30. The van der Waals surface area contributed by atoms with Crippen molar-refractivity contribution in [3.8, 4) is 0 Å². The molecule has 1 aliphatic rings. The fourth-order valence-corrected chi connectivity index (χ4v) is 0.874. The van der Waals surface area contributed by atoms with E-state index in [2.05, 4.69) is 15.5 Å². The summed E-state index contributed by atoms with van der Waals surface area (Å²) in [6, 6.07) is 3.75. The predicted octanol–water partition coefficient (Wildman–Crippen LogP) is 0.320.